The lowest BCUT2D eigenvalue weighted by Crippen LogP contribution is -2.25. The van der Waals surface area contributed by atoms with Gasteiger partial charge >= 0.3 is 11.9 Å². The molecule has 0 aliphatic rings. The van der Waals surface area contributed by atoms with Crippen LogP contribution in [-0.4, -0.2) is 18.2 Å². The second-order valence-corrected chi connectivity index (χ2v) is 8.90. The molecule has 0 aliphatic heterocycles. The fourth-order valence-electron chi connectivity index (χ4n) is 3.97. The van der Waals surface area contributed by atoms with Crippen molar-refractivity contribution in [1.82, 2.24) is 0 Å². The quantitative estimate of drug-likeness (QED) is 0.156. The van der Waals surface area contributed by atoms with Gasteiger partial charge in [0.15, 0.2) is 0 Å². The summed E-state index contributed by atoms with van der Waals surface area (Å²) in [6.45, 7) is 4.89. The molecule has 0 spiro atoms. The zero-order chi connectivity index (χ0) is 24.6. The zero-order valence-corrected chi connectivity index (χ0v) is 21.1. The third kappa shape index (κ3) is 11.3. The maximum absolute atomic E-state index is 11.7. The number of unbranched alkanes of at least 4 members (excludes halogenated alkanes) is 7. The molecule has 0 bridgehead atoms. The Hall–Kier alpha value is -2.88. The lowest BCUT2D eigenvalue weighted by atomic mass is 10.00. The minimum Gasteiger partial charge on any atom is -0.421 e. The number of hydrogen-bond donors (Lipinski definition) is 0. The van der Waals surface area contributed by atoms with E-state index in [1.165, 1.54) is 70.8 Å². The van der Waals surface area contributed by atoms with Crippen LogP contribution in [-0.2, 0) is 31.9 Å². The van der Waals surface area contributed by atoms with E-state index in [0.717, 1.165) is 17.5 Å². The van der Waals surface area contributed by atoms with E-state index in [0.29, 0.717) is 12.0 Å². The van der Waals surface area contributed by atoms with E-state index >= 15 is 0 Å². The van der Waals surface area contributed by atoms with Crippen LogP contribution in [0.4, 0.5) is 0 Å². The molecule has 0 aliphatic carbocycles. The number of esters is 2. The number of rotatable bonds is 15. The molecule has 4 heteroatoms. The first kappa shape index (κ1) is 27.4. The molecule has 184 valence electrons. The van der Waals surface area contributed by atoms with Crippen LogP contribution in [0.2, 0.25) is 0 Å². The van der Waals surface area contributed by atoms with Gasteiger partial charge in [-0.1, -0.05) is 106 Å². The minimum absolute atomic E-state index is 0.495. The lowest BCUT2D eigenvalue weighted by Gasteiger charge is -2.20. The molecule has 2 aromatic carbocycles. The van der Waals surface area contributed by atoms with Crippen LogP contribution in [0.3, 0.4) is 0 Å². The second-order valence-electron chi connectivity index (χ2n) is 8.90. The molecular weight excluding hydrogens is 424 g/mol. The van der Waals surface area contributed by atoms with Gasteiger partial charge in [-0.15, -0.1) is 0 Å². The van der Waals surface area contributed by atoms with E-state index in [4.69, 9.17) is 9.47 Å². The van der Waals surface area contributed by atoms with Crippen LogP contribution >= 0.6 is 0 Å². The Morgan fingerprint density at radius 3 is 1.85 bits per heavy atom. The molecule has 2 rings (SSSR count). The number of hydrogen-bond acceptors (Lipinski definition) is 4. The average Bonchev–Trinajstić information content (AvgIpc) is 2.81. The third-order valence-corrected chi connectivity index (χ3v) is 5.75. The highest BCUT2D eigenvalue weighted by Gasteiger charge is 2.21. The van der Waals surface area contributed by atoms with Crippen molar-refractivity contribution < 1.29 is 19.1 Å². The van der Waals surface area contributed by atoms with Gasteiger partial charge < -0.3 is 9.47 Å². The largest absolute Gasteiger partial charge is 0.421 e. The first-order valence-electron chi connectivity index (χ1n) is 12.7. The highest BCUT2D eigenvalue weighted by Crippen LogP contribution is 2.21. The van der Waals surface area contributed by atoms with E-state index in [1.807, 2.05) is 36.4 Å². The van der Waals surface area contributed by atoms with Gasteiger partial charge in [0, 0.05) is 25.8 Å². The van der Waals surface area contributed by atoms with Crippen molar-refractivity contribution >= 4 is 18.0 Å². The molecule has 4 nitrogen and oxygen atoms in total. The fourth-order valence-corrected chi connectivity index (χ4v) is 3.97. The van der Waals surface area contributed by atoms with E-state index in [-0.39, 0.29) is 0 Å². The summed E-state index contributed by atoms with van der Waals surface area (Å²) < 4.78 is 10.7. The van der Waals surface area contributed by atoms with Gasteiger partial charge in [0.1, 0.15) is 0 Å². The molecule has 0 fully saturated rings. The lowest BCUT2D eigenvalue weighted by molar-refractivity contribution is -0.178. The van der Waals surface area contributed by atoms with Crippen LogP contribution in [0.25, 0.3) is 6.08 Å². The van der Waals surface area contributed by atoms with Crippen molar-refractivity contribution in [3.8, 4) is 0 Å². The average molecular weight is 465 g/mol. The summed E-state index contributed by atoms with van der Waals surface area (Å²) in [5, 5.41) is 0. The standard InChI is InChI=1S/C30H40O4/c1-4-5-6-7-8-9-10-12-15-26-18-20-28(21-19-26)23-29(22-27-16-13-11-14-17-27)30(33-24(2)31)34-25(3)32/h11,13-14,16-21,23,30H,4-10,12,15,22H2,1-3H3/b29-23+. The predicted octanol–water partition coefficient (Wildman–Crippen LogP) is 7.45. The summed E-state index contributed by atoms with van der Waals surface area (Å²) in [5.74, 6) is -0.989. The predicted molar refractivity (Wildman–Crippen MR) is 138 cm³/mol. The van der Waals surface area contributed by atoms with Crippen molar-refractivity contribution in [3.05, 3.63) is 76.9 Å². The summed E-state index contributed by atoms with van der Waals surface area (Å²) in [5.41, 5.74) is 4.07. The van der Waals surface area contributed by atoms with Gasteiger partial charge in [-0.3, -0.25) is 9.59 Å². The molecule has 0 saturated heterocycles. The molecule has 0 aromatic heterocycles. The summed E-state index contributed by atoms with van der Waals surface area (Å²) in [4.78, 5) is 23.3. The van der Waals surface area contributed by atoms with Gasteiger partial charge in [0.05, 0.1) is 0 Å². The van der Waals surface area contributed by atoms with Gasteiger partial charge in [-0.05, 0) is 35.6 Å². The van der Waals surface area contributed by atoms with Gasteiger partial charge in [-0.25, -0.2) is 0 Å². The first-order valence-corrected chi connectivity index (χ1v) is 12.7. The fraction of sp³-hybridized carbons (Fsp3) is 0.467. The van der Waals surface area contributed by atoms with Crippen molar-refractivity contribution in [2.45, 2.75) is 91.3 Å². The topological polar surface area (TPSA) is 52.6 Å². The molecule has 2 aromatic rings. The second kappa shape index (κ2) is 15.9. The van der Waals surface area contributed by atoms with Crippen molar-refractivity contribution in [2.24, 2.45) is 0 Å². The van der Waals surface area contributed by atoms with Crippen LogP contribution in [0.1, 0.15) is 88.8 Å². The van der Waals surface area contributed by atoms with Crippen molar-refractivity contribution in [1.29, 1.82) is 0 Å². The summed E-state index contributed by atoms with van der Waals surface area (Å²) in [6, 6.07) is 18.3. The van der Waals surface area contributed by atoms with E-state index in [2.05, 4.69) is 31.2 Å². The van der Waals surface area contributed by atoms with Crippen LogP contribution in [0.15, 0.2) is 60.2 Å². The molecular formula is C30H40O4. The molecule has 0 amide bonds. The minimum atomic E-state index is -1.05. The molecule has 0 saturated carbocycles. The van der Waals surface area contributed by atoms with E-state index in [1.54, 1.807) is 0 Å². The SMILES string of the molecule is CCCCCCCCCCc1ccc(/C=C(\Cc2ccccc2)C(OC(C)=O)OC(C)=O)cc1. The maximum atomic E-state index is 11.7. The zero-order valence-electron chi connectivity index (χ0n) is 21.1. The smallest absolute Gasteiger partial charge is 0.305 e. The van der Waals surface area contributed by atoms with Crippen molar-refractivity contribution in [2.75, 3.05) is 0 Å². The normalized spacial score (nSPS) is 11.5. The Labute approximate surface area is 205 Å². The van der Waals surface area contributed by atoms with Crippen LogP contribution < -0.4 is 0 Å². The maximum Gasteiger partial charge on any atom is 0.305 e. The Morgan fingerprint density at radius 2 is 1.29 bits per heavy atom. The molecule has 34 heavy (non-hydrogen) atoms. The van der Waals surface area contributed by atoms with Gasteiger partial charge in [0.2, 0.25) is 0 Å². The molecule has 0 N–H and O–H groups in total. The molecule has 0 unspecified atom stereocenters. The van der Waals surface area contributed by atoms with E-state index < -0.39 is 18.2 Å². The van der Waals surface area contributed by atoms with Crippen molar-refractivity contribution in [3.63, 3.8) is 0 Å². The monoisotopic (exact) mass is 464 g/mol. The number of aryl methyl sites for hydroxylation is 1. The van der Waals surface area contributed by atoms with E-state index in [9.17, 15) is 9.59 Å². The molecule has 0 radical (unpaired) electrons. The van der Waals surface area contributed by atoms with Crippen LogP contribution in [0, 0.1) is 0 Å². The highest BCUT2D eigenvalue weighted by atomic mass is 16.7. The summed E-state index contributed by atoms with van der Waals surface area (Å²) >= 11 is 0. The molecule has 0 heterocycles. The third-order valence-electron chi connectivity index (χ3n) is 5.75. The first-order chi connectivity index (χ1) is 16.5. The number of carbonyl (C=O) groups excluding carboxylic acids is 2. The number of carbonyl (C=O) groups is 2. The number of benzene rings is 2. The highest BCUT2D eigenvalue weighted by molar-refractivity contribution is 5.69. The Kier molecular flexibility index (Phi) is 12.8. The summed E-state index contributed by atoms with van der Waals surface area (Å²) in [6.07, 6.45) is 13.0. The number of ether oxygens (including phenoxy) is 2. The van der Waals surface area contributed by atoms with Crippen LogP contribution in [0.5, 0.6) is 0 Å². The summed E-state index contributed by atoms with van der Waals surface area (Å²) in [7, 11) is 0. The van der Waals surface area contributed by atoms with Gasteiger partial charge in [-0.2, -0.15) is 0 Å². The Bertz CT molecular complexity index is 868. The van der Waals surface area contributed by atoms with Gasteiger partial charge in [0.25, 0.3) is 6.29 Å². The Morgan fingerprint density at radius 1 is 0.735 bits per heavy atom. The molecule has 0 atom stereocenters. The Balaban J connectivity index is 2.03.